The fourth-order valence-electron chi connectivity index (χ4n) is 1.54. The molecule has 72 valence electrons. The molecular weight excluding hydrogens is 196 g/mol. The first-order valence-electron chi connectivity index (χ1n) is 4.28. The minimum atomic E-state index is 0.644. The van der Waals surface area contributed by atoms with Crippen LogP contribution in [0.2, 0.25) is 0 Å². The number of aryl methyl sites for hydroxylation is 1. The average Bonchev–Trinajstić information content (AvgIpc) is 2.56. The Morgan fingerprint density at radius 2 is 2.21 bits per heavy atom. The second-order valence-electron chi connectivity index (χ2n) is 3.07. The number of hydrogen-bond donors (Lipinski definition) is 0. The monoisotopic (exact) mass is 206 g/mol. The van der Waals surface area contributed by atoms with Crippen molar-refractivity contribution in [3.05, 3.63) is 28.6 Å². The molecule has 0 aliphatic heterocycles. The molecule has 0 spiro atoms. The second-order valence-corrected chi connectivity index (χ2v) is 4.36. The number of methoxy groups -OCH3 is 1. The van der Waals surface area contributed by atoms with E-state index in [2.05, 4.69) is 0 Å². The number of rotatable bonds is 2. The van der Waals surface area contributed by atoms with Crippen molar-refractivity contribution in [1.82, 2.24) is 0 Å². The van der Waals surface area contributed by atoms with Crippen LogP contribution in [-0.4, -0.2) is 13.4 Å². The minimum Gasteiger partial charge on any atom is -0.496 e. The molecule has 0 unspecified atom stereocenters. The normalized spacial score (nSPS) is 10.4. The maximum Gasteiger partial charge on any atom is 0.154 e. The van der Waals surface area contributed by atoms with Crippen LogP contribution in [-0.2, 0) is 0 Å². The standard InChI is InChI=1S/C11H10O2S/c1-7-5-8-9(6-12)10(13-2)3-4-11(8)14-7/h3-6H,1-2H3. The van der Waals surface area contributed by atoms with Crippen molar-refractivity contribution in [3.8, 4) is 5.75 Å². The van der Waals surface area contributed by atoms with Gasteiger partial charge in [0.15, 0.2) is 6.29 Å². The molecule has 0 bridgehead atoms. The van der Waals surface area contributed by atoms with Gasteiger partial charge >= 0.3 is 0 Å². The zero-order chi connectivity index (χ0) is 10.1. The summed E-state index contributed by atoms with van der Waals surface area (Å²) in [6, 6.07) is 5.84. The molecule has 0 saturated carbocycles. The first-order valence-corrected chi connectivity index (χ1v) is 5.10. The average molecular weight is 206 g/mol. The molecule has 1 aromatic carbocycles. The number of carbonyl (C=O) groups excluding carboxylic acids is 1. The molecule has 2 rings (SSSR count). The van der Waals surface area contributed by atoms with Gasteiger partial charge in [0.05, 0.1) is 12.7 Å². The Bertz CT molecular complexity index is 485. The predicted octanol–water partition coefficient (Wildman–Crippen LogP) is 3.03. The molecule has 0 aliphatic rings. The van der Waals surface area contributed by atoms with E-state index < -0.39 is 0 Å². The molecule has 2 nitrogen and oxygen atoms in total. The molecule has 0 N–H and O–H groups in total. The fourth-order valence-corrected chi connectivity index (χ4v) is 2.48. The van der Waals surface area contributed by atoms with Gasteiger partial charge in [-0.15, -0.1) is 11.3 Å². The molecule has 0 saturated heterocycles. The second kappa shape index (κ2) is 3.42. The van der Waals surface area contributed by atoms with Crippen LogP contribution in [0.5, 0.6) is 5.75 Å². The number of hydrogen-bond acceptors (Lipinski definition) is 3. The zero-order valence-corrected chi connectivity index (χ0v) is 8.85. The first-order chi connectivity index (χ1) is 6.76. The molecule has 0 radical (unpaired) electrons. The molecule has 0 aliphatic carbocycles. The van der Waals surface area contributed by atoms with Gasteiger partial charge in [-0.2, -0.15) is 0 Å². The van der Waals surface area contributed by atoms with Gasteiger partial charge in [0, 0.05) is 15.0 Å². The molecular formula is C11H10O2S. The van der Waals surface area contributed by atoms with E-state index in [0.717, 1.165) is 16.4 Å². The smallest absolute Gasteiger partial charge is 0.154 e. The highest BCUT2D eigenvalue weighted by atomic mass is 32.1. The number of fused-ring (bicyclic) bond motifs is 1. The van der Waals surface area contributed by atoms with Crippen LogP contribution in [0.15, 0.2) is 18.2 Å². The molecule has 1 heterocycles. The first kappa shape index (κ1) is 9.21. The molecule has 0 amide bonds. The van der Waals surface area contributed by atoms with Crippen molar-refractivity contribution in [2.45, 2.75) is 6.92 Å². The van der Waals surface area contributed by atoms with E-state index >= 15 is 0 Å². The van der Waals surface area contributed by atoms with Crippen LogP contribution in [0.4, 0.5) is 0 Å². The molecule has 3 heteroatoms. The lowest BCUT2D eigenvalue weighted by molar-refractivity contribution is 0.112. The van der Waals surface area contributed by atoms with Gasteiger partial charge in [-0.1, -0.05) is 0 Å². The lowest BCUT2D eigenvalue weighted by atomic mass is 10.1. The van der Waals surface area contributed by atoms with Crippen LogP contribution in [0.3, 0.4) is 0 Å². The minimum absolute atomic E-state index is 0.644. The number of aldehydes is 1. The maximum absolute atomic E-state index is 10.9. The summed E-state index contributed by atoms with van der Waals surface area (Å²) >= 11 is 1.69. The van der Waals surface area contributed by atoms with Crippen LogP contribution in [0, 0.1) is 6.92 Å². The van der Waals surface area contributed by atoms with Crippen molar-refractivity contribution in [2.24, 2.45) is 0 Å². The van der Waals surface area contributed by atoms with Crippen molar-refractivity contribution in [1.29, 1.82) is 0 Å². The Kier molecular flexibility index (Phi) is 2.25. The van der Waals surface area contributed by atoms with Gasteiger partial charge in [-0.05, 0) is 25.1 Å². The Morgan fingerprint density at radius 1 is 1.43 bits per heavy atom. The Balaban J connectivity index is 2.82. The Hall–Kier alpha value is -1.35. The van der Waals surface area contributed by atoms with Crippen molar-refractivity contribution >= 4 is 27.7 Å². The zero-order valence-electron chi connectivity index (χ0n) is 8.03. The molecule has 2 aromatic rings. The lowest BCUT2D eigenvalue weighted by Crippen LogP contribution is -1.89. The summed E-state index contributed by atoms with van der Waals surface area (Å²) < 4.78 is 6.26. The summed E-state index contributed by atoms with van der Waals surface area (Å²) in [5, 5.41) is 0.988. The molecule has 1 aromatic heterocycles. The van der Waals surface area contributed by atoms with Crippen molar-refractivity contribution in [3.63, 3.8) is 0 Å². The number of thiophene rings is 1. The van der Waals surface area contributed by atoms with Crippen molar-refractivity contribution in [2.75, 3.05) is 7.11 Å². The number of carbonyl (C=O) groups is 1. The summed E-state index contributed by atoms with van der Waals surface area (Å²) in [6.45, 7) is 2.03. The highest BCUT2D eigenvalue weighted by molar-refractivity contribution is 7.19. The Labute approximate surface area is 86.1 Å². The van der Waals surface area contributed by atoms with Crippen LogP contribution < -0.4 is 4.74 Å². The van der Waals surface area contributed by atoms with E-state index in [0.29, 0.717) is 11.3 Å². The van der Waals surface area contributed by atoms with E-state index in [1.807, 2.05) is 25.1 Å². The molecule has 0 atom stereocenters. The van der Waals surface area contributed by atoms with Crippen LogP contribution in [0.1, 0.15) is 15.2 Å². The van der Waals surface area contributed by atoms with Gasteiger partial charge in [0.1, 0.15) is 5.75 Å². The maximum atomic E-state index is 10.9. The molecule has 14 heavy (non-hydrogen) atoms. The third-order valence-corrected chi connectivity index (χ3v) is 3.18. The summed E-state index contributed by atoms with van der Waals surface area (Å²) in [7, 11) is 1.58. The van der Waals surface area contributed by atoms with E-state index in [1.165, 1.54) is 4.88 Å². The highest BCUT2D eigenvalue weighted by Crippen LogP contribution is 2.32. The largest absolute Gasteiger partial charge is 0.496 e. The van der Waals surface area contributed by atoms with E-state index in [9.17, 15) is 4.79 Å². The van der Waals surface area contributed by atoms with Gasteiger partial charge in [-0.3, -0.25) is 4.79 Å². The third-order valence-electron chi connectivity index (χ3n) is 2.16. The van der Waals surface area contributed by atoms with E-state index in [4.69, 9.17) is 4.74 Å². The van der Waals surface area contributed by atoms with Gasteiger partial charge in [0.2, 0.25) is 0 Å². The summed E-state index contributed by atoms with van der Waals surface area (Å²) in [5.41, 5.74) is 0.648. The summed E-state index contributed by atoms with van der Waals surface area (Å²) in [6.07, 6.45) is 0.854. The van der Waals surface area contributed by atoms with Gasteiger partial charge < -0.3 is 4.74 Å². The van der Waals surface area contributed by atoms with E-state index in [-0.39, 0.29) is 0 Å². The topological polar surface area (TPSA) is 26.3 Å². The quantitative estimate of drug-likeness (QED) is 0.706. The third kappa shape index (κ3) is 1.30. The fraction of sp³-hybridized carbons (Fsp3) is 0.182. The number of ether oxygens (including phenoxy) is 1. The lowest BCUT2D eigenvalue weighted by Gasteiger charge is -2.03. The van der Waals surface area contributed by atoms with Crippen LogP contribution in [0.25, 0.3) is 10.1 Å². The van der Waals surface area contributed by atoms with Crippen LogP contribution >= 0.6 is 11.3 Å². The highest BCUT2D eigenvalue weighted by Gasteiger charge is 2.09. The van der Waals surface area contributed by atoms with Gasteiger partial charge in [-0.25, -0.2) is 0 Å². The number of benzene rings is 1. The summed E-state index contributed by atoms with van der Waals surface area (Å²) in [5.74, 6) is 0.644. The predicted molar refractivity (Wildman–Crippen MR) is 58.5 cm³/mol. The van der Waals surface area contributed by atoms with E-state index in [1.54, 1.807) is 18.4 Å². The molecule has 0 fully saturated rings. The Morgan fingerprint density at radius 3 is 2.86 bits per heavy atom. The SMILES string of the molecule is COc1ccc2sc(C)cc2c1C=O. The van der Waals surface area contributed by atoms with Gasteiger partial charge in [0.25, 0.3) is 0 Å². The van der Waals surface area contributed by atoms with Crippen molar-refractivity contribution < 1.29 is 9.53 Å². The summed E-state index contributed by atoms with van der Waals surface area (Å²) in [4.78, 5) is 12.1.